The molecule has 0 heterocycles. The molecule has 166 valence electrons. The van der Waals surface area contributed by atoms with Gasteiger partial charge in [0.15, 0.2) is 0 Å². The van der Waals surface area contributed by atoms with Crippen LogP contribution in [0.4, 0.5) is 18.0 Å². The summed E-state index contributed by atoms with van der Waals surface area (Å²) in [6.45, 7) is 6.33. The molecule has 0 aliphatic heterocycles. The molecular weight excluding hydrogens is 415 g/mol. The molecule has 0 aliphatic carbocycles. The van der Waals surface area contributed by atoms with E-state index < -0.39 is 23.8 Å². The number of halogens is 4. The molecule has 1 rings (SSSR count). The topological polar surface area (TPSA) is 68.2 Å². The zero-order valence-corrected chi connectivity index (χ0v) is 17.5. The lowest BCUT2D eigenvalue weighted by Crippen LogP contribution is -2.37. The lowest BCUT2D eigenvalue weighted by atomic mass is 10.2. The van der Waals surface area contributed by atoms with Crippen molar-refractivity contribution < 1.29 is 37.3 Å². The van der Waals surface area contributed by atoms with Gasteiger partial charge < -0.3 is 24.2 Å². The van der Waals surface area contributed by atoms with E-state index >= 15 is 0 Å². The first-order valence-corrected chi connectivity index (χ1v) is 9.50. The minimum absolute atomic E-state index is 0.0567. The average molecular weight is 442 g/mol. The Hall–Kier alpha value is -1.71. The van der Waals surface area contributed by atoms with Crippen molar-refractivity contribution in [1.82, 2.24) is 4.90 Å². The molecule has 0 fully saturated rings. The highest BCUT2D eigenvalue weighted by Gasteiger charge is 2.32. The molecule has 0 unspecified atom stereocenters. The molecular formula is C19H27ClF3NO5. The fraction of sp³-hybridized carbons (Fsp3) is 0.632. The number of aliphatic hydroxyl groups is 1. The van der Waals surface area contributed by atoms with Gasteiger partial charge in [-0.05, 0) is 51.3 Å². The molecule has 0 spiro atoms. The third kappa shape index (κ3) is 11.2. The van der Waals surface area contributed by atoms with E-state index in [4.69, 9.17) is 26.2 Å². The second-order valence-corrected chi connectivity index (χ2v) is 7.66. The summed E-state index contributed by atoms with van der Waals surface area (Å²) < 4.78 is 51.6. The monoisotopic (exact) mass is 441 g/mol. The predicted molar refractivity (Wildman–Crippen MR) is 102 cm³/mol. The van der Waals surface area contributed by atoms with Gasteiger partial charge in [0.2, 0.25) is 0 Å². The van der Waals surface area contributed by atoms with Crippen molar-refractivity contribution in [3.63, 3.8) is 0 Å². The zero-order chi connectivity index (χ0) is 22.1. The van der Waals surface area contributed by atoms with Crippen molar-refractivity contribution in [1.29, 1.82) is 0 Å². The van der Waals surface area contributed by atoms with Gasteiger partial charge >= 0.3 is 12.5 Å². The first kappa shape index (κ1) is 25.3. The Labute approximate surface area is 173 Å². The van der Waals surface area contributed by atoms with Crippen LogP contribution in [0, 0.1) is 0 Å². The van der Waals surface area contributed by atoms with Crippen LogP contribution in [0.15, 0.2) is 18.2 Å². The number of rotatable bonds is 10. The summed E-state index contributed by atoms with van der Waals surface area (Å²) in [5, 5.41) is 8.48. The Balaban J connectivity index is 2.79. The first-order chi connectivity index (χ1) is 13.4. The zero-order valence-electron chi connectivity index (χ0n) is 16.7. The molecule has 10 heteroatoms. The van der Waals surface area contributed by atoms with Crippen molar-refractivity contribution in [2.24, 2.45) is 0 Å². The van der Waals surface area contributed by atoms with Gasteiger partial charge in [-0.2, -0.15) is 0 Å². The van der Waals surface area contributed by atoms with Gasteiger partial charge in [-0.15, -0.1) is 13.2 Å². The fourth-order valence-electron chi connectivity index (χ4n) is 2.31. The van der Waals surface area contributed by atoms with Crippen LogP contribution in [0.2, 0.25) is 5.02 Å². The molecule has 1 N–H and O–H groups in total. The minimum Gasteiger partial charge on any atom is -0.444 e. The van der Waals surface area contributed by atoms with E-state index in [2.05, 4.69) is 4.74 Å². The van der Waals surface area contributed by atoms with Crippen LogP contribution in [-0.2, 0) is 16.0 Å². The average Bonchev–Trinajstić information content (AvgIpc) is 2.56. The van der Waals surface area contributed by atoms with E-state index in [1.165, 1.54) is 17.0 Å². The Bertz CT molecular complexity index is 650. The standard InChI is InChI=1S/C19H27ClF3NO5/c1-18(2,3)29-17(26)24(8-4-5-10-27-11-9-25)13-14-6-7-16(15(20)12-14)28-19(21,22)23/h6-7,12,25H,4-5,8-11,13H2,1-3H3. The number of aliphatic hydroxyl groups excluding tert-OH is 1. The van der Waals surface area contributed by atoms with Gasteiger partial charge in [-0.25, -0.2) is 4.79 Å². The molecule has 0 saturated carbocycles. The highest BCUT2D eigenvalue weighted by atomic mass is 35.5. The van der Waals surface area contributed by atoms with Crippen LogP contribution in [-0.4, -0.2) is 54.4 Å². The van der Waals surface area contributed by atoms with E-state index in [1.54, 1.807) is 20.8 Å². The molecule has 6 nitrogen and oxygen atoms in total. The number of ether oxygens (including phenoxy) is 3. The predicted octanol–water partition coefficient (Wildman–Crippen LogP) is 4.76. The van der Waals surface area contributed by atoms with Crippen molar-refractivity contribution in [3.8, 4) is 5.75 Å². The molecule has 0 atom stereocenters. The smallest absolute Gasteiger partial charge is 0.444 e. The van der Waals surface area contributed by atoms with Gasteiger partial charge in [-0.1, -0.05) is 17.7 Å². The van der Waals surface area contributed by atoms with E-state index in [0.29, 0.717) is 31.6 Å². The summed E-state index contributed by atoms with van der Waals surface area (Å²) >= 11 is 5.88. The Morgan fingerprint density at radius 1 is 1.17 bits per heavy atom. The summed E-state index contributed by atoms with van der Waals surface area (Å²) in [6, 6.07) is 3.85. The van der Waals surface area contributed by atoms with Gasteiger partial charge in [0, 0.05) is 19.7 Å². The van der Waals surface area contributed by atoms with Gasteiger partial charge in [-0.3, -0.25) is 0 Å². The summed E-state index contributed by atoms with van der Waals surface area (Å²) in [4.78, 5) is 14.0. The second kappa shape index (κ2) is 11.5. The number of carbonyl (C=O) groups excluding carboxylic acids is 1. The molecule has 1 amide bonds. The van der Waals surface area contributed by atoms with Gasteiger partial charge in [0.1, 0.15) is 11.4 Å². The lowest BCUT2D eigenvalue weighted by Gasteiger charge is -2.27. The molecule has 0 aliphatic rings. The van der Waals surface area contributed by atoms with Crippen molar-refractivity contribution in [2.75, 3.05) is 26.4 Å². The SMILES string of the molecule is CC(C)(C)OC(=O)N(CCCCOCCO)Cc1ccc(OC(F)(F)F)c(Cl)c1. The van der Waals surface area contributed by atoms with Crippen molar-refractivity contribution in [2.45, 2.75) is 52.1 Å². The molecule has 0 aromatic heterocycles. The lowest BCUT2D eigenvalue weighted by molar-refractivity contribution is -0.274. The summed E-state index contributed by atoms with van der Waals surface area (Å²) in [7, 11) is 0. The van der Waals surface area contributed by atoms with E-state index in [0.717, 1.165) is 6.07 Å². The molecule has 0 radical (unpaired) electrons. The maximum Gasteiger partial charge on any atom is 0.573 e. The van der Waals surface area contributed by atoms with Crippen LogP contribution >= 0.6 is 11.6 Å². The van der Waals surface area contributed by atoms with Crippen molar-refractivity contribution >= 4 is 17.7 Å². The van der Waals surface area contributed by atoms with E-state index in [9.17, 15) is 18.0 Å². The van der Waals surface area contributed by atoms with Crippen LogP contribution in [0.1, 0.15) is 39.2 Å². The number of carbonyl (C=O) groups is 1. The Morgan fingerprint density at radius 2 is 1.86 bits per heavy atom. The van der Waals surface area contributed by atoms with E-state index in [1.807, 2.05) is 0 Å². The van der Waals surface area contributed by atoms with Crippen LogP contribution in [0.5, 0.6) is 5.75 Å². The largest absolute Gasteiger partial charge is 0.573 e. The first-order valence-electron chi connectivity index (χ1n) is 9.12. The maximum absolute atomic E-state index is 12.5. The second-order valence-electron chi connectivity index (χ2n) is 7.26. The van der Waals surface area contributed by atoms with E-state index in [-0.39, 0.29) is 24.8 Å². The number of hydrogen-bond acceptors (Lipinski definition) is 5. The third-order valence-corrected chi connectivity index (χ3v) is 3.74. The quantitative estimate of drug-likeness (QED) is 0.530. The van der Waals surface area contributed by atoms with Crippen LogP contribution < -0.4 is 4.74 Å². The third-order valence-electron chi connectivity index (χ3n) is 3.45. The normalized spacial score (nSPS) is 12.0. The summed E-state index contributed by atoms with van der Waals surface area (Å²) in [5.41, 5.74) is -0.159. The van der Waals surface area contributed by atoms with Crippen LogP contribution in [0.3, 0.4) is 0 Å². The summed E-state index contributed by atoms with van der Waals surface area (Å²) in [6.07, 6.45) is -4.10. The molecule has 0 saturated heterocycles. The number of hydrogen-bond donors (Lipinski definition) is 1. The molecule has 1 aromatic carbocycles. The number of alkyl halides is 3. The minimum atomic E-state index is -4.84. The highest BCUT2D eigenvalue weighted by Crippen LogP contribution is 2.31. The molecule has 1 aromatic rings. The number of amides is 1. The highest BCUT2D eigenvalue weighted by molar-refractivity contribution is 6.32. The van der Waals surface area contributed by atoms with Crippen LogP contribution in [0.25, 0.3) is 0 Å². The number of benzene rings is 1. The molecule has 29 heavy (non-hydrogen) atoms. The maximum atomic E-state index is 12.5. The van der Waals surface area contributed by atoms with Gasteiger partial charge in [0.25, 0.3) is 0 Å². The van der Waals surface area contributed by atoms with Gasteiger partial charge in [0.05, 0.1) is 18.2 Å². The Kier molecular flexibility index (Phi) is 10.0. The number of unbranched alkanes of at least 4 members (excludes halogenated alkanes) is 1. The molecule has 0 bridgehead atoms. The van der Waals surface area contributed by atoms with Crippen molar-refractivity contribution in [3.05, 3.63) is 28.8 Å². The summed E-state index contributed by atoms with van der Waals surface area (Å²) in [5.74, 6) is -0.507. The fourth-order valence-corrected chi connectivity index (χ4v) is 2.55. The Morgan fingerprint density at radius 3 is 2.41 bits per heavy atom. The number of nitrogens with zero attached hydrogens (tertiary/aromatic N) is 1.